The summed E-state index contributed by atoms with van der Waals surface area (Å²) in [5.74, 6) is 1.14. The first kappa shape index (κ1) is 41.5. The summed E-state index contributed by atoms with van der Waals surface area (Å²) in [5, 5.41) is 2.37. The number of benzene rings is 4. The molecule has 0 spiro atoms. The fourth-order valence-electron chi connectivity index (χ4n) is 8.35. The summed E-state index contributed by atoms with van der Waals surface area (Å²) in [6, 6.07) is 30.0. The molecule has 0 radical (unpaired) electrons. The largest absolute Gasteiger partial charge is 0.461 e. The molecule has 2 atom stereocenters. The highest BCUT2D eigenvalue weighted by Crippen LogP contribution is 2.44. The number of amides is 2. The van der Waals surface area contributed by atoms with Crippen molar-refractivity contribution < 1.29 is 14.3 Å². The molecule has 0 N–H and O–H groups in total. The third-order valence-corrected chi connectivity index (χ3v) is 12.4. The van der Waals surface area contributed by atoms with Gasteiger partial charge in [0, 0.05) is 93.6 Å². The number of ether oxygens (including phenoxy) is 2. The van der Waals surface area contributed by atoms with Crippen LogP contribution in [-0.2, 0) is 11.4 Å². The summed E-state index contributed by atoms with van der Waals surface area (Å²) >= 11 is 26.2. The minimum atomic E-state index is -1.42. The molecule has 13 heteroatoms. The monoisotopic (exact) mass is 880 g/mol. The second-order valence-electron chi connectivity index (χ2n) is 15.4. The number of urea groups is 1. The molecule has 2 aromatic heterocycles. The lowest BCUT2D eigenvalue weighted by Gasteiger charge is -2.56. The van der Waals surface area contributed by atoms with E-state index < -0.39 is 11.4 Å². The van der Waals surface area contributed by atoms with Gasteiger partial charge in [-0.25, -0.2) is 4.79 Å². The fourth-order valence-corrected chi connectivity index (χ4v) is 9.13. The van der Waals surface area contributed by atoms with E-state index in [0.717, 1.165) is 33.6 Å². The van der Waals surface area contributed by atoms with E-state index in [1.807, 2.05) is 109 Å². The van der Waals surface area contributed by atoms with E-state index in [0.29, 0.717) is 55.8 Å². The molecule has 2 fully saturated rings. The maximum Gasteiger partial charge on any atom is 0.326 e. The minimum absolute atomic E-state index is 0.242. The van der Waals surface area contributed by atoms with Gasteiger partial charge in [0.25, 0.3) is 0 Å². The molecule has 2 aliphatic heterocycles. The van der Waals surface area contributed by atoms with Crippen molar-refractivity contribution in [2.24, 2.45) is 0 Å². The maximum atomic E-state index is 16.2. The van der Waals surface area contributed by atoms with Gasteiger partial charge in [-0.15, -0.1) is 0 Å². The molecular weight excluding hydrogens is 838 g/mol. The molecule has 2 amide bonds. The van der Waals surface area contributed by atoms with E-state index in [4.69, 9.17) is 55.9 Å². The Kier molecular flexibility index (Phi) is 11.8. The van der Waals surface area contributed by atoms with Crippen LogP contribution in [0.1, 0.15) is 33.4 Å². The Morgan fingerprint density at radius 3 is 1.32 bits per heavy atom. The van der Waals surface area contributed by atoms with Crippen LogP contribution in [-0.4, -0.2) is 65.1 Å². The predicted molar refractivity (Wildman–Crippen MR) is 241 cm³/mol. The molecule has 308 valence electrons. The first-order chi connectivity index (χ1) is 28.9. The van der Waals surface area contributed by atoms with Crippen LogP contribution in [0.15, 0.2) is 122 Å². The zero-order chi connectivity index (χ0) is 42.2. The molecule has 8 rings (SSSR count). The highest BCUT2D eigenvalue weighted by Gasteiger charge is 2.56. The van der Waals surface area contributed by atoms with Crippen LogP contribution < -0.4 is 19.3 Å². The number of carbonyl (C=O) groups excluding carboxylic acids is 1. The topological polar surface area (TPSA) is 74.3 Å². The van der Waals surface area contributed by atoms with Crippen molar-refractivity contribution in [2.45, 2.75) is 39.1 Å². The van der Waals surface area contributed by atoms with Gasteiger partial charge in [0.15, 0.2) is 0 Å². The number of hydrogen-bond acceptors (Lipinski definition) is 7. The number of halogens is 4. The molecule has 0 saturated carbocycles. The summed E-state index contributed by atoms with van der Waals surface area (Å²) in [5.41, 5.74) is 4.11. The Labute approximate surface area is 371 Å². The van der Waals surface area contributed by atoms with Gasteiger partial charge in [0.1, 0.15) is 11.5 Å². The quantitative estimate of drug-likeness (QED) is 0.151. The number of carbonyl (C=O) groups is 1. The zero-order valence-electron chi connectivity index (χ0n) is 33.7. The van der Waals surface area contributed by atoms with Crippen LogP contribution in [0.25, 0.3) is 0 Å². The van der Waals surface area contributed by atoms with Crippen LogP contribution in [0.2, 0.25) is 20.1 Å². The van der Waals surface area contributed by atoms with E-state index in [-0.39, 0.29) is 32.2 Å². The van der Waals surface area contributed by atoms with Gasteiger partial charge in [-0.1, -0.05) is 58.5 Å². The van der Waals surface area contributed by atoms with E-state index in [1.54, 1.807) is 36.9 Å². The van der Waals surface area contributed by atoms with Gasteiger partial charge >= 0.3 is 6.03 Å². The lowest BCUT2D eigenvalue weighted by Crippen LogP contribution is -2.72. The van der Waals surface area contributed by atoms with Crippen molar-refractivity contribution in [3.8, 4) is 11.5 Å². The SMILES string of the molecule is Cc1cc(Cl)ccc1O[C@]1(c2cccnc2)CN(c2cc(Cl)ccc2C)CCN1C(=O)N1CCN(c2cc(Cl)ccc2C)C[C@]1(Oc1ccc(Cl)cc1C)c1cccnc1. The summed E-state index contributed by atoms with van der Waals surface area (Å²) in [7, 11) is 0. The van der Waals surface area contributed by atoms with Crippen LogP contribution in [0, 0.1) is 27.7 Å². The second kappa shape index (κ2) is 17.1. The average Bonchev–Trinajstić information content (AvgIpc) is 3.25. The Bertz CT molecular complexity index is 2360. The molecule has 0 aliphatic carbocycles. The van der Waals surface area contributed by atoms with Crippen LogP contribution in [0.4, 0.5) is 16.2 Å². The van der Waals surface area contributed by atoms with E-state index in [2.05, 4.69) is 33.6 Å². The molecule has 2 saturated heterocycles. The van der Waals surface area contributed by atoms with Crippen molar-refractivity contribution in [1.29, 1.82) is 0 Å². The predicted octanol–water partition coefficient (Wildman–Crippen LogP) is 11.3. The highest BCUT2D eigenvalue weighted by molar-refractivity contribution is 6.31. The summed E-state index contributed by atoms with van der Waals surface area (Å²) in [4.78, 5) is 33.5. The van der Waals surface area contributed by atoms with Crippen molar-refractivity contribution in [3.63, 3.8) is 0 Å². The van der Waals surface area contributed by atoms with E-state index in [9.17, 15) is 0 Å². The number of anilines is 2. The normalized spacial score (nSPS) is 19.3. The Balaban J connectivity index is 1.33. The average molecular weight is 883 g/mol. The third-order valence-electron chi connectivity index (χ3n) is 11.4. The molecular formula is C47H44Cl4N6O3. The van der Waals surface area contributed by atoms with Crippen LogP contribution in [0.5, 0.6) is 11.5 Å². The smallest absolute Gasteiger partial charge is 0.326 e. The number of piperazine rings is 2. The third kappa shape index (κ3) is 8.04. The Morgan fingerprint density at radius 2 is 0.933 bits per heavy atom. The number of nitrogens with zero attached hydrogens (tertiary/aromatic N) is 6. The molecule has 2 aliphatic rings. The number of hydrogen-bond donors (Lipinski definition) is 0. The van der Waals surface area contributed by atoms with E-state index in [1.165, 1.54) is 0 Å². The molecule has 9 nitrogen and oxygen atoms in total. The van der Waals surface area contributed by atoms with Crippen molar-refractivity contribution in [3.05, 3.63) is 175 Å². The molecule has 0 unspecified atom stereocenters. The molecule has 6 aromatic rings. The number of rotatable bonds is 8. The van der Waals surface area contributed by atoms with Gasteiger partial charge < -0.3 is 19.3 Å². The fraction of sp³-hybridized carbons (Fsp3) is 0.255. The first-order valence-electron chi connectivity index (χ1n) is 19.7. The van der Waals surface area contributed by atoms with Gasteiger partial charge in [-0.05, 0) is 135 Å². The minimum Gasteiger partial charge on any atom is -0.461 e. The highest BCUT2D eigenvalue weighted by atomic mass is 35.5. The Hall–Kier alpha value is -5.19. The van der Waals surface area contributed by atoms with Gasteiger partial charge in [0.05, 0.1) is 13.1 Å². The summed E-state index contributed by atoms with van der Waals surface area (Å²) < 4.78 is 14.6. The number of pyridine rings is 2. The first-order valence-corrected chi connectivity index (χ1v) is 21.2. The lowest BCUT2D eigenvalue weighted by atomic mass is 9.95. The lowest BCUT2D eigenvalue weighted by molar-refractivity contribution is -0.115. The van der Waals surface area contributed by atoms with Crippen molar-refractivity contribution in [2.75, 3.05) is 49.1 Å². The molecule has 4 aromatic carbocycles. The summed E-state index contributed by atoms with van der Waals surface area (Å²) in [6.45, 7) is 9.98. The summed E-state index contributed by atoms with van der Waals surface area (Å²) in [6.07, 6.45) is 6.96. The molecule has 0 bridgehead atoms. The number of aromatic nitrogens is 2. The molecule has 4 heterocycles. The standard InChI is InChI=1S/C47H44Cl4N6O3/c1-31-9-11-39(50)25-41(31)54-19-21-56(46(29-54,35-7-5-17-52-27-35)59-43-15-13-37(48)23-33(43)3)45(58)57-22-20-55(42-26-40(51)12-10-32(42)2)30-47(57,36-8-6-18-53-28-36)60-44-16-14-38(49)24-34(44)4/h5-18,23-28H,19-22,29-30H2,1-4H3/t46-,47-/m0/s1. The van der Waals surface area contributed by atoms with Crippen molar-refractivity contribution in [1.82, 2.24) is 19.8 Å². The van der Waals surface area contributed by atoms with Crippen LogP contribution in [0.3, 0.4) is 0 Å². The van der Waals surface area contributed by atoms with Gasteiger partial charge in [-0.2, -0.15) is 0 Å². The molecule has 60 heavy (non-hydrogen) atoms. The second-order valence-corrected chi connectivity index (χ2v) is 17.1. The Morgan fingerprint density at radius 1 is 0.533 bits per heavy atom. The zero-order valence-corrected chi connectivity index (χ0v) is 36.7. The van der Waals surface area contributed by atoms with Crippen LogP contribution >= 0.6 is 46.4 Å². The maximum absolute atomic E-state index is 16.2. The van der Waals surface area contributed by atoms with Crippen molar-refractivity contribution >= 4 is 63.8 Å². The van der Waals surface area contributed by atoms with Gasteiger partial charge in [-0.3, -0.25) is 19.8 Å². The van der Waals surface area contributed by atoms with Gasteiger partial charge in [0.2, 0.25) is 11.4 Å². The van der Waals surface area contributed by atoms with E-state index >= 15 is 4.79 Å². The number of aryl methyl sites for hydroxylation is 4.